The van der Waals surface area contributed by atoms with E-state index in [0.717, 1.165) is 77.1 Å². The molecule has 3 aliphatic heterocycles. The van der Waals surface area contributed by atoms with E-state index < -0.39 is 9.84 Å². The molecule has 3 aliphatic rings. The first kappa shape index (κ1) is 19.0. The van der Waals surface area contributed by atoms with E-state index in [1.54, 1.807) is 12.1 Å². The highest BCUT2D eigenvalue weighted by Gasteiger charge is 2.33. The number of rotatable bonds is 5. The van der Waals surface area contributed by atoms with Crippen LogP contribution in [-0.2, 0) is 21.1 Å². The first-order valence-electron chi connectivity index (χ1n) is 10.2. The smallest absolute Gasteiger partial charge is 0.181 e. The number of nitrogens with zero attached hydrogens (tertiary/aromatic N) is 2. The molecular weight excluding hydrogens is 360 g/mol. The maximum absolute atomic E-state index is 13.1. The van der Waals surface area contributed by atoms with E-state index in [1.165, 1.54) is 0 Å². The minimum absolute atomic E-state index is 0.249. The quantitative estimate of drug-likeness (QED) is 0.774. The van der Waals surface area contributed by atoms with Crippen molar-refractivity contribution in [1.82, 2.24) is 9.80 Å². The third kappa shape index (κ3) is 4.39. The molecule has 1 aromatic carbocycles. The summed E-state index contributed by atoms with van der Waals surface area (Å²) >= 11 is 0. The fraction of sp³-hybridized carbons (Fsp3) is 0.619. The normalized spacial score (nSPS) is 23.2. The molecular formula is C21H30N2O3S. The van der Waals surface area contributed by atoms with Gasteiger partial charge in [-0.1, -0.05) is 18.2 Å². The SMILES string of the molecule is O=S(=O)(c1ccc(CN2C=CCC2)cc1)C1CCN(C2CCOCC2)CC1. The maximum Gasteiger partial charge on any atom is 0.181 e. The molecule has 6 heteroatoms. The lowest BCUT2D eigenvalue weighted by Gasteiger charge is -2.39. The molecule has 3 heterocycles. The zero-order valence-electron chi connectivity index (χ0n) is 15.9. The van der Waals surface area contributed by atoms with E-state index in [9.17, 15) is 8.42 Å². The lowest BCUT2D eigenvalue weighted by Crippen LogP contribution is -2.46. The third-order valence-electron chi connectivity index (χ3n) is 6.16. The molecule has 0 aliphatic carbocycles. The van der Waals surface area contributed by atoms with Gasteiger partial charge in [-0.05, 0) is 69.1 Å². The predicted molar refractivity (Wildman–Crippen MR) is 106 cm³/mol. The lowest BCUT2D eigenvalue weighted by molar-refractivity contribution is 0.0277. The third-order valence-corrected chi connectivity index (χ3v) is 8.44. The number of hydrogen-bond donors (Lipinski definition) is 0. The van der Waals surface area contributed by atoms with Crippen molar-refractivity contribution >= 4 is 9.84 Å². The van der Waals surface area contributed by atoms with Gasteiger partial charge in [0.1, 0.15) is 0 Å². The molecule has 0 radical (unpaired) electrons. The van der Waals surface area contributed by atoms with Gasteiger partial charge >= 0.3 is 0 Å². The monoisotopic (exact) mass is 390 g/mol. The second-order valence-corrected chi connectivity index (χ2v) is 10.1. The topological polar surface area (TPSA) is 49.9 Å². The summed E-state index contributed by atoms with van der Waals surface area (Å²) in [6.07, 6.45) is 9.01. The molecule has 1 aromatic rings. The van der Waals surface area contributed by atoms with Gasteiger partial charge in [-0.2, -0.15) is 0 Å². The highest BCUT2D eigenvalue weighted by Crippen LogP contribution is 2.27. The van der Waals surface area contributed by atoms with Gasteiger partial charge in [0.25, 0.3) is 0 Å². The number of sulfone groups is 1. The number of likely N-dealkylation sites (tertiary alicyclic amines) is 1. The zero-order chi connectivity index (χ0) is 18.7. The van der Waals surface area contributed by atoms with Crippen molar-refractivity contribution in [1.29, 1.82) is 0 Å². The minimum Gasteiger partial charge on any atom is -0.381 e. The van der Waals surface area contributed by atoms with Crippen LogP contribution in [0.2, 0.25) is 0 Å². The van der Waals surface area contributed by atoms with Crippen molar-refractivity contribution in [2.24, 2.45) is 0 Å². The Labute approximate surface area is 162 Å². The van der Waals surface area contributed by atoms with E-state index in [-0.39, 0.29) is 5.25 Å². The highest BCUT2D eigenvalue weighted by atomic mass is 32.2. The summed E-state index contributed by atoms with van der Waals surface area (Å²) in [5.74, 6) is 0. The summed E-state index contributed by atoms with van der Waals surface area (Å²) in [4.78, 5) is 5.21. The van der Waals surface area contributed by atoms with Crippen LogP contribution in [0.3, 0.4) is 0 Å². The molecule has 0 atom stereocenters. The molecule has 0 amide bonds. The molecule has 27 heavy (non-hydrogen) atoms. The van der Waals surface area contributed by atoms with E-state index >= 15 is 0 Å². The average molecular weight is 391 g/mol. The summed E-state index contributed by atoms with van der Waals surface area (Å²) in [5, 5.41) is -0.249. The van der Waals surface area contributed by atoms with Crippen LogP contribution >= 0.6 is 0 Å². The van der Waals surface area contributed by atoms with Crippen LogP contribution in [-0.4, -0.2) is 62.4 Å². The fourth-order valence-corrected chi connectivity index (χ4v) is 6.22. The molecule has 2 fully saturated rings. The summed E-state index contributed by atoms with van der Waals surface area (Å²) < 4.78 is 31.6. The minimum atomic E-state index is -3.24. The van der Waals surface area contributed by atoms with Gasteiger partial charge in [0.15, 0.2) is 9.84 Å². The Morgan fingerprint density at radius 2 is 1.67 bits per heavy atom. The Morgan fingerprint density at radius 1 is 0.963 bits per heavy atom. The molecule has 0 aromatic heterocycles. The van der Waals surface area contributed by atoms with Crippen molar-refractivity contribution < 1.29 is 13.2 Å². The number of hydrogen-bond acceptors (Lipinski definition) is 5. The van der Waals surface area contributed by atoms with Crippen molar-refractivity contribution in [3.05, 3.63) is 42.1 Å². The zero-order valence-corrected chi connectivity index (χ0v) is 16.7. The molecule has 0 bridgehead atoms. The molecule has 5 nitrogen and oxygen atoms in total. The van der Waals surface area contributed by atoms with Crippen molar-refractivity contribution in [2.75, 3.05) is 32.8 Å². The van der Waals surface area contributed by atoms with Crippen LogP contribution in [0.5, 0.6) is 0 Å². The number of ether oxygens (including phenoxy) is 1. The molecule has 0 saturated carbocycles. The number of piperidine rings is 1. The molecule has 0 unspecified atom stereocenters. The fourth-order valence-electron chi connectivity index (χ4n) is 4.48. The van der Waals surface area contributed by atoms with Crippen LogP contribution < -0.4 is 0 Å². The van der Waals surface area contributed by atoms with Crippen LogP contribution in [0, 0.1) is 0 Å². The van der Waals surface area contributed by atoms with E-state index in [1.807, 2.05) is 12.1 Å². The van der Waals surface area contributed by atoms with Crippen molar-refractivity contribution in [3.63, 3.8) is 0 Å². The van der Waals surface area contributed by atoms with E-state index in [4.69, 9.17) is 4.74 Å². The Bertz CT molecular complexity index is 746. The van der Waals surface area contributed by atoms with Gasteiger partial charge in [-0.25, -0.2) is 8.42 Å². The molecule has 0 spiro atoms. The average Bonchev–Trinajstić information content (AvgIpc) is 3.22. The molecule has 2 saturated heterocycles. The van der Waals surface area contributed by atoms with Gasteiger partial charge in [0, 0.05) is 32.3 Å². The van der Waals surface area contributed by atoms with Crippen molar-refractivity contribution in [2.45, 2.75) is 54.8 Å². The largest absolute Gasteiger partial charge is 0.381 e. The van der Waals surface area contributed by atoms with Crippen LogP contribution in [0.4, 0.5) is 0 Å². The number of benzene rings is 1. The maximum atomic E-state index is 13.1. The van der Waals surface area contributed by atoms with E-state index in [0.29, 0.717) is 10.9 Å². The van der Waals surface area contributed by atoms with Gasteiger partial charge in [-0.3, -0.25) is 0 Å². The Hall–Kier alpha value is -1.37. The Morgan fingerprint density at radius 3 is 2.30 bits per heavy atom. The molecule has 0 N–H and O–H groups in total. The molecule has 4 rings (SSSR count). The van der Waals surface area contributed by atoms with Crippen LogP contribution in [0.1, 0.15) is 37.7 Å². The summed E-state index contributed by atoms with van der Waals surface area (Å²) in [6, 6.07) is 8.11. The summed E-state index contributed by atoms with van der Waals surface area (Å²) in [6.45, 7) is 5.33. The summed E-state index contributed by atoms with van der Waals surface area (Å²) in [5.41, 5.74) is 1.16. The lowest BCUT2D eigenvalue weighted by atomic mass is 10.0. The van der Waals surface area contributed by atoms with Crippen molar-refractivity contribution in [3.8, 4) is 0 Å². The van der Waals surface area contributed by atoms with Gasteiger partial charge in [-0.15, -0.1) is 0 Å². The Kier molecular flexibility index (Phi) is 5.85. The van der Waals surface area contributed by atoms with E-state index in [2.05, 4.69) is 22.1 Å². The molecule has 148 valence electrons. The van der Waals surface area contributed by atoms with Gasteiger partial charge < -0.3 is 14.5 Å². The van der Waals surface area contributed by atoms with Gasteiger partial charge in [0.2, 0.25) is 0 Å². The van der Waals surface area contributed by atoms with Gasteiger partial charge in [0.05, 0.1) is 10.1 Å². The second-order valence-electron chi connectivity index (χ2n) is 7.91. The second kappa shape index (κ2) is 8.33. The first-order valence-corrected chi connectivity index (χ1v) is 11.7. The highest BCUT2D eigenvalue weighted by molar-refractivity contribution is 7.92. The standard InChI is InChI=1S/C21H30N2O3S/c24-27(25,20-5-3-18(4-6-20)17-22-11-1-2-12-22)21-7-13-23(14-8-21)19-9-15-26-16-10-19/h1,3-6,11,19,21H,2,7-10,12-17H2. The first-order chi connectivity index (χ1) is 13.1. The summed E-state index contributed by atoms with van der Waals surface area (Å²) in [7, 11) is -3.24. The van der Waals surface area contributed by atoms with Crippen LogP contribution in [0.25, 0.3) is 0 Å². The Balaban J connectivity index is 1.36. The predicted octanol–water partition coefficient (Wildman–Crippen LogP) is 2.82. The van der Waals surface area contributed by atoms with Crippen LogP contribution in [0.15, 0.2) is 41.4 Å².